The van der Waals surface area contributed by atoms with Crippen molar-refractivity contribution in [3.8, 4) is 0 Å². The second kappa shape index (κ2) is 9.24. The monoisotopic (exact) mass is 487 g/mol. The number of benzene rings is 3. The molecule has 3 aromatic carbocycles. The number of hydrogen-bond acceptors (Lipinski definition) is 5. The lowest BCUT2D eigenvalue weighted by atomic mass is 10.0. The molecule has 1 N–H and O–H groups in total. The summed E-state index contributed by atoms with van der Waals surface area (Å²) in [5, 5.41) is 8.24. The van der Waals surface area contributed by atoms with Gasteiger partial charge in [-0.2, -0.15) is 5.10 Å². The molecule has 0 aliphatic carbocycles. The molecule has 8 heteroatoms. The van der Waals surface area contributed by atoms with Crippen molar-refractivity contribution in [2.24, 2.45) is 5.10 Å². The maximum atomic E-state index is 13.2. The molecule has 0 saturated carbocycles. The quantitative estimate of drug-likeness (QED) is 0.388. The Kier molecular flexibility index (Phi) is 6.00. The third kappa shape index (κ3) is 4.50. The van der Waals surface area contributed by atoms with Crippen molar-refractivity contribution in [2.75, 3.05) is 4.72 Å². The second-order valence-electron chi connectivity index (χ2n) is 7.79. The van der Waals surface area contributed by atoms with Gasteiger partial charge in [0.25, 0.3) is 15.9 Å². The number of nitrogens with one attached hydrogen (secondary N) is 1. The van der Waals surface area contributed by atoms with Gasteiger partial charge in [-0.15, -0.1) is 11.3 Å². The minimum absolute atomic E-state index is 0.152. The first-order valence-electron chi connectivity index (χ1n) is 10.7. The van der Waals surface area contributed by atoms with E-state index in [4.69, 9.17) is 5.10 Å². The highest BCUT2D eigenvalue weighted by atomic mass is 32.2. The number of anilines is 1. The summed E-state index contributed by atoms with van der Waals surface area (Å²) < 4.78 is 27.8. The van der Waals surface area contributed by atoms with Crippen molar-refractivity contribution in [1.29, 1.82) is 0 Å². The van der Waals surface area contributed by atoms with E-state index >= 15 is 0 Å². The molecule has 0 saturated heterocycles. The molecule has 2 heterocycles. The normalized spacial score (nSPS) is 15.7. The van der Waals surface area contributed by atoms with Gasteiger partial charge in [-0.25, -0.2) is 13.4 Å². The van der Waals surface area contributed by atoms with Gasteiger partial charge in [-0.05, 0) is 53.4 Å². The highest BCUT2D eigenvalue weighted by molar-refractivity contribution is 7.92. The van der Waals surface area contributed by atoms with E-state index in [0.717, 1.165) is 16.2 Å². The van der Waals surface area contributed by atoms with Crippen LogP contribution in [0.3, 0.4) is 0 Å². The number of amides is 1. The van der Waals surface area contributed by atoms with Crippen LogP contribution in [0.1, 0.15) is 33.3 Å². The molecule has 0 bridgehead atoms. The number of carbonyl (C=O) groups excluding carboxylic acids is 1. The highest BCUT2D eigenvalue weighted by Gasteiger charge is 2.34. The van der Waals surface area contributed by atoms with E-state index in [1.54, 1.807) is 70.9 Å². The van der Waals surface area contributed by atoms with Gasteiger partial charge in [-0.1, -0.05) is 54.6 Å². The van der Waals surface area contributed by atoms with Crippen LogP contribution in [0.2, 0.25) is 0 Å². The van der Waals surface area contributed by atoms with Crippen LogP contribution in [0.15, 0.2) is 112 Å². The Balaban J connectivity index is 1.40. The molecular weight excluding hydrogens is 466 g/mol. The molecule has 1 unspecified atom stereocenters. The van der Waals surface area contributed by atoms with E-state index in [0.29, 0.717) is 17.7 Å². The molecular formula is C26H21N3O3S2. The smallest absolute Gasteiger partial charge is 0.274 e. The third-order valence-electron chi connectivity index (χ3n) is 5.53. The Morgan fingerprint density at radius 1 is 0.882 bits per heavy atom. The summed E-state index contributed by atoms with van der Waals surface area (Å²) in [6, 6.07) is 28.2. The zero-order valence-corrected chi connectivity index (χ0v) is 19.7. The van der Waals surface area contributed by atoms with E-state index in [-0.39, 0.29) is 16.8 Å². The topological polar surface area (TPSA) is 78.8 Å². The van der Waals surface area contributed by atoms with Crippen LogP contribution < -0.4 is 4.72 Å². The molecule has 6 nitrogen and oxygen atoms in total. The van der Waals surface area contributed by atoms with Crippen molar-refractivity contribution < 1.29 is 13.2 Å². The molecule has 1 aliphatic heterocycles. The van der Waals surface area contributed by atoms with Gasteiger partial charge in [-0.3, -0.25) is 9.52 Å². The van der Waals surface area contributed by atoms with Crippen molar-refractivity contribution in [2.45, 2.75) is 17.4 Å². The molecule has 34 heavy (non-hydrogen) atoms. The Hall–Kier alpha value is -3.75. The summed E-state index contributed by atoms with van der Waals surface area (Å²) in [5.41, 5.74) is 2.66. The van der Waals surface area contributed by atoms with E-state index in [9.17, 15) is 13.2 Å². The summed E-state index contributed by atoms with van der Waals surface area (Å²) in [5.74, 6) is -0.152. The average molecular weight is 488 g/mol. The predicted molar refractivity (Wildman–Crippen MR) is 135 cm³/mol. The summed E-state index contributed by atoms with van der Waals surface area (Å²) in [4.78, 5) is 14.5. The molecule has 0 spiro atoms. The van der Waals surface area contributed by atoms with E-state index in [1.807, 2.05) is 47.8 Å². The van der Waals surface area contributed by atoms with Crippen molar-refractivity contribution in [1.82, 2.24) is 5.01 Å². The van der Waals surface area contributed by atoms with Crippen LogP contribution in [-0.4, -0.2) is 25.0 Å². The Morgan fingerprint density at radius 2 is 1.56 bits per heavy atom. The zero-order valence-electron chi connectivity index (χ0n) is 18.0. The number of hydrazone groups is 1. The number of sulfonamides is 1. The number of thiophene rings is 1. The SMILES string of the molecule is O=C(c1ccccc1)N1N=C(c2ccc(NS(=O)(=O)c3ccccc3)cc2)CC1c1cccs1. The fourth-order valence-corrected chi connectivity index (χ4v) is 5.72. The van der Waals surface area contributed by atoms with Gasteiger partial charge >= 0.3 is 0 Å². The van der Waals surface area contributed by atoms with Gasteiger partial charge in [0.05, 0.1) is 16.6 Å². The number of carbonyl (C=O) groups is 1. The van der Waals surface area contributed by atoms with Crippen LogP contribution in [-0.2, 0) is 10.0 Å². The molecule has 170 valence electrons. The molecule has 0 radical (unpaired) electrons. The first-order valence-corrected chi connectivity index (χ1v) is 13.1. The van der Waals surface area contributed by atoms with Crippen LogP contribution in [0.5, 0.6) is 0 Å². The zero-order chi connectivity index (χ0) is 23.5. The van der Waals surface area contributed by atoms with Crippen molar-refractivity contribution >= 4 is 38.7 Å². The van der Waals surface area contributed by atoms with Crippen LogP contribution in [0, 0.1) is 0 Å². The van der Waals surface area contributed by atoms with Crippen LogP contribution >= 0.6 is 11.3 Å². The maximum absolute atomic E-state index is 13.2. The fourth-order valence-electron chi connectivity index (χ4n) is 3.83. The predicted octanol–water partition coefficient (Wildman–Crippen LogP) is 5.54. The van der Waals surface area contributed by atoms with Gasteiger partial charge < -0.3 is 0 Å². The molecule has 0 fully saturated rings. The van der Waals surface area contributed by atoms with E-state index < -0.39 is 10.0 Å². The summed E-state index contributed by atoms with van der Waals surface area (Å²) >= 11 is 1.60. The minimum atomic E-state index is -3.67. The number of rotatable bonds is 6. The number of nitrogens with zero attached hydrogens (tertiary/aromatic N) is 2. The van der Waals surface area contributed by atoms with Crippen LogP contribution in [0.25, 0.3) is 0 Å². The molecule has 1 aromatic heterocycles. The molecule has 5 rings (SSSR count). The lowest BCUT2D eigenvalue weighted by molar-refractivity contribution is 0.0714. The molecule has 1 aliphatic rings. The molecule has 1 atom stereocenters. The second-order valence-corrected chi connectivity index (χ2v) is 10.5. The summed E-state index contributed by atoms with van der Waals surface area (Å²) in [7, 11) is -3.67. The average Bonchev–Trinajstić information content (AvgIpc) is 3.55. The Labute approximate surface area is 202 Å². The van der Waals surface area contributed by atoms with Gasteiger partial charge in [0.1, 0.15) is 0 Å². The largest absolute Gasteiger partial charge is 0.280 e. The minimum Gasteiger partial charge on any atom is -0.280 e. The summed E-state index contributed by atoms with van der Waals surface area (Å²) in [6.45, 7) is 0. The molecule has 1 amide bonds. The highest BCUT2D eigenvalue weighted by Crippen LogP contribution is 2.36. The third-order valence-corrected chi connectivity index (χ3v) is 7.91. The number of hydrogen-bond donors (Lipinski definition) is 1. The first kappa shape index (κ1) is 22.1. The Bertz CT molecular complexity index is 1420. The first-order chi connectivity index (χ1) is 16.5. The maximum Gasteiger partial charge on any atom is 0.274 e. The lowest BCUT2D eigenvalue weighted by Gasteiger charge is -2.20. The Morgan fingerprint density at radius 3 is 2.21 bits per heavy atom. The molecule has 4 aromatic rings. The van der Waals surface area contributed by atoms with Gasteiger partial charge in [0.2, 0.25) is 0 Å². The van der Waals surface area contributed by atoms with Gasteiger partial charge in [0, 0.05) is 22.5 Å². The van der Waals surface area contributed by atoms with Crippen LogP contribution in [0.4, 0.5) is 5.69 Å². The standard InChI is InChI=1S/C26H21N3O3S2/c30-26(20-8-3-1-4-9-20)29-24(25-12-7-17-33-25)18-23(27-29)19-13-15-21(16-14-19)28-34(31,32)22-10-5-2-6-11-22/h1-17,24,28H,18H2. The van der Waals surface area contributed by atoms with Crippen molar-refractivity contribution in [3.63, 3.8) is 0 Å². The van der Waals surface area contributed by atoms with E-state index in [1.165, 1.54) is 0 Å². The lowest BCUT2D eigenvalue weighted by Crippen LogP contribution is -2.26. The van der Waals surface area contributed by atoms with Gasteiger partial charge in [0.15, 0.2) is 0 Å². The summed E-state index contributed by atoms with van der Waals surface area (Å²) in [6.07, 6.45) is 0.578. The van der Waals surface area contributed by atoms with Crippen molar-refractivity contribution in [3.05, 3.63) is 118 Å². The fraction of sp³-hybridized carbons (Fsp3) is 0.0769. The van der Waals surface area contributed by atoms with E-state index in [2.05, 4.69) is 4.72 Å².